The summed E-state index contributed by atoms with van der Waals surface area (Å²) in [7, 11) is 0. The number of halogens is 1. The van der Waals surface area contributed by atoms with Crippen molar-refractivity contribution in [1.29, 1.82) is 0 Å². The molecule has 4 nitrogen and oxygen atoms in total. The predicted molar refractivity (Wildman–Crippen MR) is 110 cm³/mol. The van der Waals surface area contributed by atoms with Crippen LogP contribution in [0.25, 0.3) is 16.9 Å². The molecule has 0 fully saturated rings. The molecule has 2 aromatic heterocycles. The molecule has 5 heteroatoms. The van der Waals surface area contributed by atoms with Crippen LogP contribution < -0.4 is 5.32 Å². The lowest BCUT2D eigenvalue weighted by atomic mass is 10.1. The number of rotatable bonds is 3. The Labute approximate surface area is 162 Å². The Morgan fingerprint density at radius 3 is 2.52 bits per heavy atom. The minimum Gasteiger partial charge on any atom is -0.306 e. The highest BCUT2D eigenvalue weighted by molar-refractivity contribution is 6.31. The summed E-state index contributed by atoms with van der Waals surface area (Å²) in [5, 5.41) is 3.54. The van der Waals surface area contributed by atoms with E-state index in [2.05, 4.69) is 5.32 Å². The van der Waals surface area contributed by atoms with Crippen LogP contribution in [0.1, 0.15) is 21.5 Å². The fourth-order valence-corrected chi connectivity index (χ4v) is 3.18. The van der Waals surface area contributed by atoms with Crippen LogP contribution in [0.2, 0.25) is 5.02 Å². The van der Waals surface area contributed by atoms with Gasteiger partial charge in [-0.1, -0.05) is 47.5 Å². The van der Waals surface area contributed by atoms with Crippen molar-refractivity contribution in [2.75, 3.05) is 5.32 Å². The quantitative estimate of drug-likeness (QED) is 0.512. The molecule has 4 aromatic rings. The molecule has 0 aliphatic heterocycles. The molecular formula is C22H18ClN3O. The Morgan fingerprint density at radius 1 is 1.00 bits per heavy atom. The molecule has 2 aromatic carbocycles. The standard InChI is InChI=1S/C22H18ClN3O/c1-14-6-8-16(9-7-14)20-21(26-11-10-15(2)12-19(26)24-20)25-22(27)17-4-3-5-18(23)13-17/h3-13H,1-2H3,(H,25,27). The van der Waals surface area contributed by atoms with Gasteiger partial charge in [-0.2, -0.15) is 0 Å². The summed E-state index contributed by atoms with van der Waals surface area (Å²) < 4.78 is 1.89. The fraction of sp³-hybridized carbons (Fsp3) is 0.0909. The third-order valence-corrected chi connectivity index (χ3v) is 4.66. The van der Waals surface area contributed by atoms with E-state index < -0.39 is 0 Å². The number of hydrogen-bond acceptors (Lipinski definition) is 2. The van der Waals surface area contributed by atoms with Gasteiger partial charge in [0.1, 0.15) is 17.2 Å². The van der Waals surface area contributed by atoms with E-state index in [9.17, 15) is 4.79 Å². The van der Waals surface area contributed by atoms with Crippen LogP contribution in [0.3, 0.4) is 0 Å². The molecule has 0 aliphatic rings. The predicted octanol–water partition coefficient (Wildman–Crippen LogP) is 5.52. The lowest BCUT2D eigenvalue weighted by Crippen LogP contribution is -2.14. The van der Waals surface area contributed by atoms with E-state index in [-0.39, 0.29) is 5.91 Å². The van der Waals surface area contributed by atoms with Crippen LogP contribution in [0.5, 0.6) is 0 Å². The molecule has 2 heterocycles. The maximum absolute atomic E-state index is 12.8. The largest absolute Gasteiger partial charge is 0.306 e. The highest BCUT2D eigenvalue weighted by Gasteiger charge is 2.17. The van der Waals surface area contributed by atoms with Gasteiger partial charge in [0.15, 0.2) is 0 Å². The van der Waals surface area contributed by atoms with Gasteiger partial charge < -0.3 is 5.32 Å². The molecule has 0 radical (unpaired) electrons. The summed E-state index contributed by atoms with van der Waals surface area (Å²) in [6.07, 6.45) is 1.92. The number of aromatic nitrogens is 2. The van der Waals surface area contributed by atoms with E-state index in [4.69, 9.17) is 16.6 Å². The first-order valence-corrected chi connectivity index (χ1v) is 9.02. The van der Waals surface area contributed by atoms with Gasteiger partial charge in [-0.15, -0.1) is 0 Å². The fourth-order valence-electron chi connectivity index (χ4n) is 2.99. The van der Waals surface area contributed by atoms with E-state index in [1.807, 2.05) is 60.8 Å². The van der Waals surface area contributed by atoms with Gasteiger partial charge in [-0.3, -0.25) is 9.20 Å². The third-order valence-electron chi connectivity index (χ3n) is 4.43. The Hall–Kier alpha value is -3.11. The number of hydrogen-bond donors (Lipinski definition) is 1. The zero-order valence-electron chi connectivity index (χ0n) is 15.0. The molecule has 4 rings (SSSR count). The first kappa shape index (κ1) is 17.3. The van der Waals surface area contributed by atoms with E-state index in [1.54, 1.807) is 24.3 Å². The number of pyridine rings is 1. The van der Waals surface area contributed by atoms with Crippen molar-refractivity contribution in [3.63, 3.8) is 0 Å². The maximum atomic E-state index is 12.8. The summed E-state index contributed by atoms with van der Waals surface area (Å²) in [5.74, 6) is 0.409. The number of carbonyl (C=O) groups excluding carboxylic acids is 1. The summed E-state index contributed by atoms with van der Waals surface area (Å²) in [4.78, 5) is 17.6. The second kappa shape index (κ2) is 6.89. The molecule has 0 spiro atoms. The minimum absolute atomic E-state index is 0.228. The first-order valence-electron chi connectivity index (χ1n) is 8.64. The zero-order valence-corrected chi connectivity index (χ0v) is 15.8. The molecule has 0 unspecified atom stereocenters. The summed E-state index contributed by atoms with van der Waals surface area (Å²) in [6.45, 7) is 4.06. The Balaban J connectivity index is 1.83. The number of anilines is 1. The summed E-state index contributed by atoms with van der Waals surface area (Å²) in [6, 6.07) is 19.0. The van der Waals surface area contributed by atoms with Crippen LogP contribution >= 0.6 is 11.6 Å². The molecule has 0 atom stereocenters. The maximum Gasteiger partial charge on any atom is 0.256 e. The van der Waals surface area contributed by atoms with Crippen LogP contribution in [-0.2, 0) is 0 Å². The number of amides is 1. The van der Waals surface area contributed by atoms with E-state index in [0.29, 0.717) is 16.4 Å². The normalized spacial score (nSPS) is 10.9. The number of aryl methyl sites for hydroxylation is 2. The van der Waals surface area contributed by atoms with Gasteiger partial charge in [0, 0.05) is 22.3 Å². The number of imidazole rings is 1. The van der Waals surface area contributed by atoms with Crippen molar-refractivity contribution in [3.05, 3.63) is 88.6 Å². The monoisotopic (exact) mass is 375 g/mol. The molecule has 1 amide bonds. The lowest BCUT2D eigenvalue weighted by Gasteiger charge is -2.09. The number of nitrogens with zero attached hydrogens (tertiary/aromatic N) is 2. The highest BCUT2D eigenvalue weighted by atomic mass is 35.5. The average Bonchev–Trinajstić information content (AvgIpc) is 2.99. The van der Waals surface area contributed by atoms with Crippen molar-refractivity contribution in [3.8, 4) is 11.3 Å². The molecule has 0 bridgehead atoms. The summed E-state index contributed by atoms with van der Waals surface area (Å²) in [5.41, 5.74) is 5.24. The Kier molecular flexibility index (Phi) is 4.42. The van der Waals surface area contributed by atoms with Gasteiger partial charge >= 0.3 is 0 Å². The topological polar surface area (TPSA) is 46.4 Å². The van der Waals surface area contributed by atoms with Gasteiger partial charge in [-0.25, -0.2) is 4.98 Å². The van der Waals surface area contributed by atoms with Gasteiger partial charge in [0.05, 0.1) is 0 Å². The summed E-state index contributed by atoms with van der Waals surface area (Å²) >= 11 is 6.03. The molecule has 134 valence electrons. The van der Waals surface area contributed by atoms with E-state index >= 15 is 0 Å². The molecule has 27 heavy (non-hydrogen) atoms. The lowest BCUT2D eigenvalue weighted by molar-refractivity contribution is 0.102. The van der Waals surface area contributed by atoms with Gasteiger partial charge in [0.25, 0.3) is 5.91 Å². The van der Waals surface area contributed by atoms with Crippen molar-refractivity contribution >= 4 is 29.0 Å². The van der Waals surface area contributed by atoms with Crippen LogP contribution in [-0.4, -0.2) is 15.3 Å². The number of fused-ring (bicyclic) bond motifs is 1. The van der Waals surface area contributed by atoms with Crippen molar-refractivity contribution in [2.45, 2.75) is 13.8 Å². The molecular weight excluding hydrogens is 358 g/mol. The number of carbonyl (C=O) groups is 1. The third kappa shape index (κ3) is 3.44. The average molecular weight is 376 g/mol. The molecule has 0 saturated heterocycles. The minimum atomic E-state index is -0.228. The Bertz CT molecular complexity index is 1150. The second-order valence-electron chi connectivity index (χ2n) is 6.57. The van der Waals surface area contributed by atoms with Crippen molar-refractivity contribution in [1.82, 2.24) is 9.38 Å². The molecule has 0 saturated carbocycles. The van der Waals surface area contributed by atoms with Crippen molar-refractivity contribution in [2.24, 2.45) is 0 Å². The first-order chi connectivity index (χ1) is 13.0. The SMILES string of the molecule is Cc1ccc(-c2nc3cc(C)ccn3c2NC(=O)c2cccc(Cl)c2)cc1. The molecule has 0 aliphatic carbocycles. The van der Waals surface area contributed by atoms with Crippen LogP contribution in [0, 0.1) is 13.8 Å². The van der Waals surface area contributed by atoms with Crippen LogP contribution in [0.4, 0.5) is 5.82 Å². The Morgan fingerprint density at radius 2 is 1.78 bits per heavy atom. The van der Waals surface area contributed by atoms with E-state index in [0.717, 1.165) is 22.5 Å². The van der Waals surface area contributed by atoms with E-state index in [1.165, 1.54) is 5.56 Å². The smallest absolute Gasteiger partial charge is 0.256 e. The zero-order chi connectivity index (χ0) is 19.0. The second-order valence-corrected chi connectivity index (χ2v) is 7.01. The molecule has 1 N–H and O–H groups in total. The number of nitrogens with one attached hydrogen (secondary N) is 1. The van der Waals surface area contributed by atoms with Gasteiger partial charge in [-0.05, 0) is 49.7 Å². The van der Waals surface area contributed by atoms with Crippen molar-refractivity contribution < 1.29 is 4.79 Å². The van der Waals surface area contributed by atoms with Crippen LogP contribution in [0.15, 0.2) is 66.9 Å². The highest BCUT2D eigenvalue weighted by Crippen LogP contribution is 2.30. The van der Waals surface area contributed by atoms with Gasteiger partial charge in [0.2, 0.25) is 0 Å². The number of benzene rings is 2.